The predicted octanol–water partition coefficient (Wildman–Crippen LogP) is 1.78. The Morgan fingerprint density at radius 1 is 1.41 bits per heavy atom. The van der Waals surface area contributed by atoms with Crippen molar-refractivity contribution in [2.45, 2.75) is 20.3 Å². The van der Waals surface area contributed by atoms with Crippen LogP contribution >= 0.6 is 0 Å². The van der Waals surface area contributed by atoms with Crippen molar-refractivity contribution in [3.63, 3.8) is 0 Å². The molecule has 0 aliphatic carbocycles. The molecule has 1 amide bonds. The first kappa shape index (κ1) is 11.9. The van der Waals surface area contributed by atoms with Gasteiger partial charge in [-0.15, -0.1) is 0 Å². The number of carbonyl (C=O) groups is 1. The molecule has 1 fully saturated rings. The van der Waals surface area contributed by atoms with Gasteiger partial charge in [0.1, 0.15) is 5.69 Å². The number of carbonyl (C=O) groups excluding carboxylic acids is 1. The fourth-order valence-electron chi connectivity index (χ4n) is 2.14. The van der Waals surface area contributed by atoms with Crippen LogP contribution in [0, 0.1) is 11.8 Å². The van der Waals surface area contributed by atoms with Crippen LogP contribution in [0.15, 0.2) is 18.3 Å². The Hall–Kier alpha value is -1.58. The third-order valence-corrected chi connectivity index (χ3v) is 3.63. The number of hydrogen-bond donors (Lipinski definition) is 1. The van der Waals surface area contributed by atoms with Crippen molar-refractivity contribution in [1.82, 2.24) is 9.88 Å². The van der Waals surface area contributed by atoms with Gasteiger partial charge in [0.25, 0.3) is 5.91 Å². The average molecular weight is 233 g/mol. The van der Waals surface area contributed by atoms with Gasteiger partial charge in [-0.3, -0.25) is 4.79 Å². The van der Waals surface area contributed by atoms with E-state index in [4.69, 9.17) is 5.73 Å². The van der Waals surface area contributed by atoms with Gasteiger partial charge >= 0.3 is 0 Å². The zero-order valence-electron chi connectivity index (χ0n) is 10.4. The molecule has 0 spiro atoms. The van der Waals surface area contributed by atoms with Crippen LogP contribution in [0.1, 0.15) is 30.8 Å². The van der Waals surface area contributed by atoms with E-state index in [9.17, 15) is 4.79 Å². The summed E-state index contributed by atoms with van der Waals surface area (Å²) in [6.07, 6.45) is 2.60. The van der Waals surface area contributed by atoms with Crippen LogP contribution in [0.5, 0.6) is 0 Å². The Balaban J connectivity index is 2.08. The first-order valence-corrected chi connectivity index (χ1v) is 6.08. The summed E-state index contributed by atoms with van der Waals surface area (Å²) < 4.78 is 0. The van der Waals surface area contributed by atoms with Crippen molar-refractivity contribution in [1.29, 1.82) is 0 Å². The quantitative estimate of drug-likeness (QED) is 0.804. The topological polar surface area (TPSA) is 59.2 Å². The van der Waals surface area contributed by atoms with Crippen LogP contribution in [-0.4, -0.2) is 28.9 Å². The second-order valence-corrected chi connectivity index (χ2v) is 4.97. The molecule has 1 aromatic heterocycles. The molecule has 2 atom stereocenters. The van der Waals surface area contributed by atoms with Crippen molar-refractivity contribution in [2.24, 2.45) is 11.8 Å². The molecular weight excluding hydrogens is 214 g/mol. The standard InChI is InChI=1S/C13H19N3O/c1-9-5-6-16(8-10(9)2)13(17)12-4-3-11(14)7-15-12/h3-4,7,9-10H,5-6,8,14H2,1-2H3. The number of rotatable bonds is 1. The van der Waals surface area contributed by atoms with Crippen LogP contribution in [-0.2, 0) is 0 Å². The molecule has 92 valence electrons. The lowest BCUT2D eigenvalue weighted by Gasteiger charge is -2.35. The molecule has 1 aliphatic rings. The number of aromatic nitrogens is 1. The Bertz CT molecular complexity index is 402. The van der Waals surface area contributed by atoms with E-state index in [1.54, 1.807) is 12.1 Å². The van der Waals surface area contributed by atoms with E-state index in [2.05, 4.69) is 18.8 Å². The summed E-state index contributed by atoms with van der Waals surface area (Å²) in [6, 6.07) is 3.41. The highest BCUT2D eigenvalue weighted by Crippen LogP contribution is 2.23. The lowest BCUT2D eigenvalue weighted by molar-refractivity contribution is 0.0621. The maximum Gasteiger partial charge on any atom is 0.272 e. The van der Waals surface area contributed by atoms with Gasteiger partial charge in [0.2, 0.25) is 0 Å². The van der Waals surface area contributed by atoms with E-state index in [1.165, 1.54) is 6.20 Å². The first-order valence-electron chi connectivity index (χ1n) is 6.08. The number of anilines is 1. The summed E-state index contributed by atoms with van der Waals surface area (Å²) in [6.45, 7) is 6.09. The Morgan fingerprint density at radius 3 is 2.76 bits per heavy atom. The normalized spacial score (nSPS) is 24.7. The molecule has 1 saturated heterocycles. The second-order valence-electron chi connectivity index (χ2n) is 4.97. The average Bonchev–Trinajstić information content (AvgIpc) is 2.33. The Labute approximate surface area is 102 Å². The van der Waals surface area contributed by atoms with Gasteiger partial charge in [-0.2, -0.15) is 0 Å². The number of piperidine rings is 1. The van der Waals surface area contributed by atoms with E-state index < -0.39 is 0 Å². The summed E-state index contributed by atoms with van der Waals surface area (Å²) in [7, 11) is 0. The number of nitrogens with two attached hydrogens (primary N) is 1. The summed E-state index contributed by atoms with van der Waals surface area (Å²) >= 11 is 0. The minimum Gasteiger partial charge on any atom is -0.397 e. The molecule has 4 heteroatoms. The monoisotopic (exact) mass is 233 g/mol. The number of nitrogen functional groups attached to an aromatic ring is 1. The van der Waals surface area contributed by atoms with Crippen LogP contribution in [0.3, 0.4) is 0 Å². The number of pyridine rings is 1. The highest BCUT2D eigenvalue weighted by atomic mass is 16.2. The summed E-state index contributed by atoms with van der Waals surface area (Å²) in [5.41, 5.74) is 6.63. The highest BCUT2D eigenvalue weighted by molar-refractivity contribution is 5.92. The van der Waals surface area contributed by atoms with Gasteiger partial charge in [0.05, 0.1) is 11.9 Å². The van der Waals surface area contributed by atoms with Gasteiger partial charge in [-0.25, -0.2) is 4.98 Å². The molecule has 0 aromatic carbocycles. The number of nitrogens with zero attached hydrogens (tertiary/aromatic N) is 2. The summed E-state index contributed by atoms with van der Waals surface area (Å²) in [4.78, 5) is 18.2. The van der Waals surface area contributed by atoms with Crippen LogP contribution < -0.4 is 5.73 Å². The number of hydrogen-bond acceptors (Lipinski definition) is 3. The molecule has 0 saturated carbocycles. The molecule has 2 rings (SSSR count). The van der Waals surface area contributed by atoms with Crippen LogP contribution in [0.2, 0.25) is 0 Å². The fraction of sp³-hybridized carbons (Fsp3) is 0.538. The van der Waals surface area contributed by atoms with Gasteiger partial charge in [-0.1, -0.05) is 13.8 Å². The predicted molar refractivity (Wildman–Crippen MR) is 67.5 cm³/mol. The van der Waals surface area contributed by atoms with Crippen molar-refractivity contribution >= 4 is 11.6 Å². The van der Waals surface area contributed by atoms with Crippen LogP contribution in [0.25, 0.3) is 0 Å². The molecular formula is C13H19N3O. The van der Waals surface area contributed by atoms with E-state index in [0.717, 1.165) is 19.5 Å². The molecule has 1 aromatic rings. The lowest BCUT2D eigenvalue weighted by atomic mass is 9.88. The van der Waals surface area contributed by atoms with E-state index in [0.29, 0.717) is 23.2 Å². The summed E-state index contributed by atoms with van der Waals surface area (Å²) in [5, 5.41) is 0. The van der Waals surface area contributed by atoms with Gasteiger partial charge in [-0.05, 0) is 30.4 Å². The van der Waals surface area contributed by atoms with E-state index in [1.807, 2.05) is 4.90 Å². The van der Waals surface area contributed by atoms with Crippen molar-refractivity contribution in [3.8, 4) is 0 Å². The van der Waals surface area contributed by atoms with E-state index in [-0.39, 0.29) is 5.91 Å². The van der Waals surface area contributed by atoms with Crippen molar-refractivity contribution < 1.29 is 4.79 Å². The minimum atomic E-state index is 0.0174. The Kier molecular flexibility index (Phi) is 3.31. The molecule has 0 bridgehead atoms. The molecule has 4 nitrogen and oxygen atoms in total. The lowest BCUT2D eigenvalue weighted by Crippen LogP contribution is -2.42. The van der Waals surface area contributed by atoms with Crippen molar-refractivity contribution in [2.75, 3.05) is 18.8 Å². The summed E-state index contributed by atoms with van der Waals surface area (Å²) in [5.74, 6) is 1.27. The minimum absolute atomic E-state index is 0.0174. The SMILES string of the molecule is CC1CCN(C(=O)c2ccc(N)cn2)CC1C. The van der Waals surface area contributed by atoms with Gasteiger partial charge in [0, 0.05) is 13.1 Å². The zero-order chi connectivity index (χ0) is 12.4. The molecule has 2 heterocycles. The molecule has 1 aliphatic heterocycles. The Morgan fingerprint density at radius 2 is 2.18 bits per heavy atom. The molecule has 0 radical (unpaired) electrons. The van der Waals surface area contributed by atoms with E-state index >= 15 is 0 Å². The highest BCUT2D eigenvalue weighted by Gasteiger charge is 2.26. The fourth-order valence-corrected chi connectivity index (χ4v) is 2.14. The largest absolute Gasteiger partial charge is 0.397 e. The number of amides is 1. The van der Waals surface area contributed by atoms with Crippen molar-refractivity contribution in [3.05, 3.63) is 24.0 Å². The maximum atomic E-state index is 12.2. The first-order chi connectivity index (χ1) is 8.08. The van der Waals surface area contributed by atoms with Gasteiger partial charge < -0.3 is 10.6 Å². The van der Waals surface area contributed by atoms with Crippen LogP contribution in [0.4, 0.5) is 5.69 Å². The second kappa shape index (κ2) is 4.73. The maximum absolute atomic E-state index is 12.2. The molecule has 17 heavy (non-hydrogen) atoms. The smallest absolute Gasteiger partial charge is 0.272 e. The zero-order valence-corrected chi connectivity index (χ0v) is 10.4. The molecule has 2 unspecified atom stereocenters. The molecule has 2 N–H and O–H groups in total. The van der Waals surface area contributed by atoms with Gasteiger partial charge in [0.15, 0.2) is 0 Å². The third-order valence-electron chi connectivity index (χ3n) is 3.63. The third kappa shape index (κ3) is 2.57. The number of likely N-dealkylation sites (tertiary alicyclic amines) is 1.